The molecule has 2 N–H and O–H groups in total. The zero-order valence-corrected chi connectivity index (χ0v) is 19.6. The summed E-state index contributed by atoms with van der Waals surface area (Å²) < 4.78 is 7.63. The maximum absolute atomic E-state index is 12.9. The highest BCUT2D eigenvalue weighted by atomic mass is 16.5. The van der Waals surface area contributed by atoms with Gasteiger partial charge in [-0.05, 0) is 31.0 Å². The van der Waals surface area contributed by atoms with E-state index in [-0.39, 0.29) is 24.7 Å². The van der Waals surface area contributed by atoms with Crippen LogP contribution in [0.3, 0.4) is 0 Å². The third-order valence-electron chi connectivity index (χ3n) is 6.59. The summed E-state index contributed by atoms with van der Waals surface area (Å²) in [6.07, 6.45) is 7.81. The van der Waals surface area contributed by atoms with E-state index in [4.69, 9.17) is 9.72 Å². The second kappa shape index (κ2) is 9.55. The normalized spacial score (nSPS) is 19.0. The van der Waals surface area contributed by atoms with Crippen LogP contribution in [-0.2, 0) is 4.74 Å². The number of carbonyl (C=O) groups is 1. The number of pyridine rings is 1. The molecule has 5 rings (SSSR count). The number of morpholine rings is 1. The second-order valence-electron chi connectivity index (χ2n) is 9.16. The van der Waals surface area contributed by atoms with Crippen molar-refractivity contribution in [1.29, 1.82) is 0 Å². The number of ether oxygens (including phenoxy) is 1. The number of nitrogens with one attached hydrogen (secondary N) is 1. The smallest absolute Gasteiger partial charge is 0.270 e. The Kier molecular flexibility index (Phi) is 6.34. The molecule has 10 nitrogen and oxygen atoms in total. The fraction of sp³-hybridized carbons (Fsp3) is 0.500. The lowest BCUT2D eigenvalue weighted by Gasteiger charge is -2.33. The molecular weight excluding hydrogens is 434 g/mol. The van der Waals surface area contributed by atoms with E-state index in [0.29, 0.717) is 30.6 Å². The van der Waals surface area contributed by atoms with Gasteiger partial charge in [-0.2, -0.15) is 4.98 Å². The number of hydrogen-bond acceptors (Lipinski definition) is 8. The molecule has 1 aliphatic heterocycles. The monoisotopic (exact) mass is 465 g/mol. The van der Waals surface area contributed by atoms with Crippen molar-refractivity contribution >= 4 is 34.4 Å². The van der Waals surface area contributed by atoms with E-state index in [2.05, 4.69) is 24.8 Å². The van der Waals surface area contributed by atoms with Crippen molar-refractivity contribution in [3.8, 4) is 0 Å². The molecule has 4 heterocycles. The first-order valence-electron chi connectivity index (χ1n) is 11.8. The van der Waals surface area contributed by atoms with Crippen molar-refractivity contribution in [2.45, 2.75) is 37.8 Å². The Morgan fingerprint density at radius 1 is 1.24 bits per heavy atom. The zero-order valence-electron chi connectivity index (χ0n) is 19.6. The molecule has 2 aliphatic rings. The Bertz CT molecular complexity index is 1160. The molecule has 3 aromatic rings. The van der Waals surface area contributed by atoms with Gasteiger partial charge in [0.2, 0.25) is 5.95 Å². The minimum Gasteiger partial charge on any atom is -0.394 e. The predicted molar refractivity (Wildman–Crippen MR) is 130 cm³/mol. The van der Waals surface area contributed by atoms with Crippen molar-refractivity contribution in [3.63, 3.8) is 0 Å². The van der Waals surface area contributed by atoms with Crippen LogP contribution in [0.2, 0.25) is 0 Å². The summed E-state index contributed by atoms with van der Waals surface area (Å²) in [6, 6.07) is 6.05. The molecule has 2 fully saturated rings. The third kappa shape index (κ3) is 4.43. The Morgan fingerprint density at radius 2 is 2.06 bits per heavy atom. The average molecular weight is 466 g/mol. The molecule has 0 spiro atoms. The molecule has 1 atom stereocenters. The van der Waals surface area contributed by atoms with Gasteiger partial charge in [-0.25, -0.2) is 9.97 Å². The summed E-state index contributed by atoms with van der Waals surface area (Å²) in [5.74, 6) is 1.06. The number of hydrogen-bond donors (Lipinski definition) is 2. The molecule has 1 aliphatic carbocycles. The Hall–Kier alpha value is -3.24. The Balaban J connectivity index is 1.40. The molecule has 0 radical (unpaired) electrons. The molecule has 1 saturated heterocycles. The quantitative estimate of drug-likeness (QED) is 0.572. The van der Waals surface area contributed by atoms with Gasteiger partial charge in [0.1, 0.15) is 17.2 Å². The summed E-state index contributed by atoms with van der Waals surface area (Å²) in [4.78, 5) is 30.4. The highest BCUT2D eigenvalue weighted by Crippen LogP contribution is 2.35. The van der Waals surface area contributed by atoms with E-state index < -0.39 is 0 Å². The van der Waals surface area contributed by atoms with Gasteiger partial charge >= 0.3 is 0 Å². The second-order valence-corrected chi connectivity index (χ2v) is 9.16. The summed E-state index contributed by atoms with van der Waals surface area (Å²) in [5, 5.41) is 13.4. The number of aromatic nitrogens is 4. The van der Waals surface area contributed by atoms with Crippen LogP contribution < -0.4 is 10.2 Å². The van der Waals surface area contributed by atoms with Crippen LogP contribution in [0.15, 0.2) is 30.6 Å². The first-order valence-corrected chi connectivity index (χ1v) is 11.8. The number of nitrogens with zero attached hydrogens (tertiary/aromatic N) is 6. The molecular formula is C24H31N7O3. The van der Waals surface area contributed by atoms with Gasteiger partial charge in [0.25, 0.3) is 5.91 Å². The maximum Gasteiger partial charge on any atom is 0.270 e. The fourth-order valence-corrected chi connectivity index (χ4v) is 4.82. The largest absolute Gasteiger partial charge is 0.394 e. The van der Waals surface area contributed by atoms with Gasteiger partial charge in [-0.15, -0.1) is 0 Å². The van der Waals surface area contributed by atoms with Crippen molar-refractivity contribution in [2.75, 3.05) is 50.6 Å². The van der Waals surface area contributed by atoms with Crippen LogP contribution in [0.5, 0.6) is 0 Å². The van der Waals surface area contributed by atoms with Crippen molar-refractivity contribution in [2.24, 2.45) is 0 Å². The minimum absolute atomic E-state index is 0.00776. The molecule has 0 unspecified atom stereocenters. The molecule has 10 heteroatoms. The average Bonchev–Trinajstić information content (AvgIpc) is 3.51. The first-order chi connectivity index (χ1) is 16.5. The lowest BCUT2D eigenvalue weighted by atomic mass is 10.2. The van der Waals surface area contributed by atoms with E-state index in [1.54, 1.807) is 31.4 Å². The Morgan fingerprint density at radius 3 is 2.76 bits per heavy atom. The zero-order chi connectivity index (χ0) is 23.7. The number of carbonyl (C=O) groups excluding carboxylic acids is 1. The van der Waals surface area contributed by atoms with Gasteiger partial charge < -0.3 is 29.5 Å². The van der Waals surface area contributed by atoms with Crippen LogP contribution in [0.1, 0.15) is 42.2 Å². The number of anilines is 3. The number of amides is 1. The molecule has 0 bridgehead atoms. The van der Waals surface area contributed by atoms with Crippen molar-refractivity contribution in [3.05, 3.63) is 36.3 Å². The van der Waals surface area contributed by atoms with Gasteiger partial charge in [-0.1, -0.05) is 12.8 Å². The molecule has 3 aromatic heterocycles. The van der Waals surface area contributed by atoms with Crippen molar-refractivity contribution < 1.29 is 14.6 Å². The van der Waals surface area contributed by atoms with Gasteiger partial charge in [0.15, 0.2) is 0 Å². The number of aliphatic hydroxyl groups excluding tert-OH is 1. The summed E-state index contributed by atoms with van der Waals surface area (Å²) in [5.41, 5.74) is 2.41. The molecule has 1 amide bonds. The van der Waals surface area contributed by atoms with E-state index in [9.17, 15) is 9.90 Å². The third-order valence-corrected chi connectivity index (χ3v) is 6.59. The molecule has 34 heavy (non-hydrogen) atoms. The summed E-state index contributed by atoms with van der Waals surface area (Å²) >= 11 is 0. The maximum atomic E-state index is 12.9. The first kappa shape index (κ1) is 22.5. The van der Waals surface area contributed by atoms with Crippen molar-refractivity contribution in [1.82, 2.24) is 24.4 Å². The minimum atomic E-state index is -0.174. The highest BCUT2D eigenvalue weighted by Gasteiger charge is 2.26. The lowest BCUT2D eigenvalue weighted by Crippen LogP contribution is -2.44. The molecule has 180 valence electrons. The van der Waals surface area contributed by atoms with Gasteiger partial charge in [0.05, 0.1) is 31.2 Å². The summed E-state index contributed by atoms with van der Waals surface area (Å²) in [6.45, 7) is 1.99. The molecule has 1 saturated carbocycles. The van der Waals surface area contributed by atoms with Crippen LogP contribution in [0, 0.1) is 0 Å². The SMILES string of the molecule is CN(C)C(=O)c1cc2cnc(Nc3ccc(N4CCO[C@H](CO)C4)cn3)nc2n1C1CCCC1. The van der Waals surface area contributed by atoms with Crippen LogP contribution in [0.25, 0.3) is 11.0 Å². The topological polar surface area (TPSA) is 109 Å². The number of fused-ring (bicyclic) bond motifs is 1. The van der Waals surface area contributed by atoms with Gasteiger partial charge in [0, 0.05) is 44.8 Å². The van der Waals surface area contributed by atoms with Crippen LogP contribution >= 0.6 is 0 Å². The van der Waals surface area contributed by atoms with Gasteiger partial charge in [-0.3, -0.25) is 4.79 Å². The predicted octanol–water partition coefficient (Wildman–Crippen LogP) is 2.58. The molecule has 0 aromatic carbocycles. The van der Waals surface area contributed by atoms with E-state index in [0.717, 1.165) is 48.9 Å². The van der Waals surface area contributed by atoms with Crippen LogP contribution in [0.4, 0.5) is 17.5 Å². The summed E-state index contributed by atoms with van der Waals surface area (Å²) in [7, 11) is 3.54. The Labute approximate surface area is 198 Å². The van der Waals surface area contributed by atoms with Crippen LogP contribution in [-0.4, -0.2) is 81.9 Å². The fourth-order valence-electron chi connectivity index (χ4n) is 4.82. The lowest BCUT2D eigenvalue weighted by molar-refractivity contribution is 0.00355. The standard InChI is InChI=1S/C24H31N7O3/c1-29(2)23(33)20-11-16-12-26-24(28-22(16)31(20)17-5-3-4-6-17)27-21-8-7-18(13-25-21)30-9-10-34-19(14-30)15-32/h7-8,11-13,17,19,32H,3-6,9-10,14-15H2,1-2H3,(H,25,26,27,28)/t19-/m0/s1. The number of aliphatic hydroxyl groups is 1. The highest BCUT2D eigenvalue weighted by molar-refractivity contribution is 5.97. The van der Waals surface area contributed by atoms with E-state index >= 15 is 0 Å². The number of rotatable bonds is 6. The van der Waals surface area contributed by atoms with E-state index in [1.807, 2.05) is 18.2 Å². The van der Waals surface area contributed by atoms with E-state index in [1.165, 1.54) is 0 Å².